The number of carbonyl (C=O) groups excluding carboxylic acids is 1. The van der Waals surface area contributed by atoms with Gasteiger partial charge in [-0.3, -0.25) is 4.79 Å². The molecule has 2 aromatic rings. The number of amides is 1. The summed E-state index contributed by atoms with van der Waals surface area (Å²) in [5.41, 5.74) is 3.83. The molecule has 25 heavy (non-hydrogen) atoms. The van der Waals surface area contributed by atoms with E-state index >= 15 is 0 Å². The molecule has 3 rings (SSSR count). The number of methoxy groups -OCH3 is 1. The van der Waals surface area contributed by atoms with E-state index in [1.807, 2.05) is 42.5 Å². The molecule has 2 aromatic carbocycles. The van der Waals surface area contributed by atoms with Gasteiger partial charge in [-0.1, -0.05) is 36.4 Å². The van der Waals surface area contributed by atoms with Gasteiger partial charge < -0.3 is 15.4 Å². The Morgan fingerprint density at radius 2 is 1.96 bits per heavy atom. The largest absolute Gasteiger partial charge is 0.380 e. The monoisotopic (exact) mass is 338 g/mol. The lowest BCUT2D eigenvalue weighted by Crippen LogP contribution is -2.36. The van der Waals surface area contributed by atoms with E-state index in [2.05, 4.69) is 16.7 Å². The zero-order valence-electron chi connectivity index (χ0n) is 14.8. The third-order valence-corrected chi connectivity index (χ3v) is 4.73. The molecular formula is C21H26N2O2. The van der Waals surface area contributed by atoms with Crippen LogP contribution < -0.4 is 10.6 Å². The van der Waals surface area contributed by atoms with E-state index in [4.69, 9.17) is 4.74 Å². The SMILES string of the molecule is COCc1cccc(-c2ccccc2C(=O)NCC2CCNCC2)c1. The van der Waals surface area contributed by atoms with Crippen LogP contribution in [0.4, 0.5) is 0 Å². The second kappa shape index (κ2) is 8.79. The maximum absolute atomic E-state index is 12.7. The van der Waals surface area contributed by atoms with Crippen molar-refractivity contribution in [3.8, 4) is 11.1 Å². The number of hydrogen-bond donors (Lipinski definition) is 2. The molecule has 1 aliphatic rings. The third kappa shape index (κ3) is 4.68. The fourth-order valence-corrected chi connectivity index (χ4v) is 3.35. The Balaban J connectivity index is 1.75. The van der Waals surface area contributed by atoms with Crippen LogP contribution in [0.2, 0.25) is 0 Å². The first-order valence-corrected chi connectivity index (χ1v) is 8.94. The molecule has 0 aromatic heterocycles. The van der Waals surface area contributed by atoms with E-state index in [-0.39, 0.29) is 5.91 Å². The van der Waals surface area contributed by atoms with Gasteiger partial charge >= 0.3 is 0 Å². The van der Waals surface area contributed by atoms with Gasteiger partial charge in [0.05, 0.1) is 6.61 Å². The normalized spacial score (nSPS) is 15.1. The fraction of sp³-hybridized carbons (Fsp3) is 0.381. The van der Waals surface area contributed by atoms with E-state index in [1.165, 1.54) is 0 Å². The van der Waals surface area contributed by atoms with Crippen molar-refractivity contribution in [3.05, 3.63) is 59.7 Å². The van der Waals surface area contributed by atoms with Crippen LogP contribution in [0.3, 0.4) is 0 Å². The number of carbonyl (C=O) groups is 1. The zero-order chi connectivity index (χ0) is 17.5. The van der Waals surface area contributed by atoms with Crippen LogP contribution >= 0.6 is 0 Å². The minimum Gasteiger partial charge on any atom is -0.380 e. The van der Waals surface area contributed by atoms with Crippen LogP contribution in [0, 0.1) is 5.92 Å². The van der Waals surface area contributed by atoms with Gasteiger partial charge in [0, 0.05) is 19.2 Å². The molecule has 0 aliphatic carbocycles. The summed E-state index contributed by atoms with van der Waals surface area (Å²) in [6.07, 6.45) is 2.25. The molecule has 0 spiro atoms. The molecule has 0 saturated carbocycles. The van der Waals surface area contributed by atoms with Crippen LogP contribution in [-0.4, -0.2) is 32.7 Å². The summed E-state index contributed by atoms with van der Waals surface area (Å²) in [7, 11) is 1.69. The number of hydrogen-bond acceptors (Lipinski definition) is 3. The van der Waals surface area contributed by atoms with Crippen LogP contribution in [-0.2, 0) is 11.3 Å². The Bertz CT molecular complexity index is 709. The lowest BCUT2D eigenvalue weighted by atomic mass is 9.96. The van der Waals surface area contributed by atoms with Crippen molar-refractivity contribution in [2.45, 2.75) is 19.4 Å². The lowest BCUT2D eigenvalue weighted by molar-refractivity contribution is 0.0945. The number of ether oxygens (including phenoxy) is 1. The number of piperidine rings is 1. The summed E-state index contributed by atoms with van der Waals surface area (Å²) in [4.78, 5) is 12.7. The van der Waals surface area contributed by atoms with E-state index in [9.17, 15) is 4.79 Å². The molecule has 0 unspecified atom stereocenters. The second-order valence-corrected chi connectivity index (χ2v) is 6.58. The van der Waals surface area contributed by atoms with Crippen molar-refractivity contribution in [2.24, 2.45) is 5.92 Å². The highest BCUT2D eigenvalue weighted by atomic mass is 16.5. The van der Waals surface area contributed by atoms with E-state index in [0.717, 1.165) is 54.7 Å². The Labute approximate surface area is 149 Å². The summed E-state index contributed by atoms with van der Waals surface area (Å²) >= 11 is 0. The zero-order valence-corrected chi connectivity index (χ0v) is 14.8. The maximum atomic E-state index is 12.7. The van der Waals surface area contributed by atoms with Crippen LogP contribution in [0.15, 0.2) is 48.5 Å². The first kappa shape index (κ1) is 17.6. The van der Waals surface area contributed by atoms with Crippen molar-refractivity contribution in [3.63, 3.8) is 0 Å². The summed E-state index contributed by atoms with van der Waals surface area (Å²) in [6.45, 7) is 3.41. The molecule has 132 valence electrons. The van der Waals surface area contributed by atoms with Crippen molar-refractivity contribution >= 4 is 5.91 Å². The van der Waals surface area contributed by atoms with Crippen LogP contribution in [0.5, 0.6) is 0 Å². The van der Waals surface area contributed by atoms with Gasteiger partial charge in [-0.25, -0.2) is 0 Å². The molecule has 0 radical (unpaired) electrons. The molecule has 0 atom stereocenters. The molecule has 1 fully saturated rings. The van der Waals surface area contributed by atoms with Gasteiger partial charge in [0.2, 0.25) is 0 Å². The highest BCUT2D eigenvalue weighted by Crippen LogP contribution is 2.25. The van der Waals surface area contributed by atoms with Crippen molar-refractivity contribution in [1.29, 1.82) is 0 Å². The predicted molar refractivity (Wildman–Crippen MR) is 101 cm³/mol. The maximum Gasteiger partial charge on any atom is 0.251 e. The van der Waals surface area contributed by atoms with E-state index < -0.39 is 0 Å². The Hall–Kier alpha value is -2.17. The van der Waals surface area contributed by atoms with Crippen molar-refractivity contribution < 1.29 is 9.53 Å². The average molecular weight is 338 g/mol. The molecule has 4 heteroatoms. The minimum atomic E-state index is 0.00581. The van der Waals surface area contributed by atoms with Gasteiger partial charge in [0.15, 0.2) is 0 Å². The third-order valence-electron chi connectivity index (χ3n) is 4.73. The van der Waals surface area contributed by atoms with Crippen LogP contribution in [0.1, 0.15) is 28.8 Å². The highest BCUT2D eigenvalue weighted by Gasteiger charge is 2.16. The summed E-state index contributed by atoms with van der Waals surface area (Å²) in [6, 6.07) is 16.0. The number of rotatable bonds is 6. The summed E-state index contributed by atoms with van der Waals surface area (Å²) in [5.74, 6) is 0.577. The van der Waals surface area contributed by atoms with Gasteiger partial charge in [-0.2, -0.15) is 0 Å². The van der Waals surface area contributed by atoms with Crippen molar-refractivity contribution in [2.75, 3.05) is 26.7 Å². The van der Waals surface area contributed by atoms with Gasteiger partial charge in [-0.05, 0) is 60.7 Å². The van der Waals surface area contributed by atoms with Gasteiger partial charge in [-0.15, -0.1) is 0 Å². The molecule has 1 saturated heterocycles. The molecule has 1 heterocycles. The fourth-order valence-electron chi connectivity index (χ4n) is 3.35. The summed E-state index contributed by atoms with van der Waals surface area (Å²) < 4.78 is 5.22. The van der Waals surface area contributed by atoms with Crippen molar-refractivity contribution in [1.82, 2.24) is 10.6 Å². The van der Waals surface area contributed by atoms with Gasteiger partial charge in [0.1, 0.15) is 0 Å². The average Bonchev–Trinajstić information content (AvgIpc) is 2.67. The predicted octanol–water partition coefficient (Wildman–Crippen LogP) is 3.23. The first-order chi connectivity index (χ1) is 12.3. The topological polar surface area (TPSA) is 50.4 Å². The van der Waals surface area contributed by atoms with Crippen LogP contribution in [0.25, 0.3) is 11.1 Å². The number of nitrogens with one attached hydrogen (secondary N) is 2. The highest BCUT2D eigenvalue weighted by molar-refractivity contribution is 6.00. The quantitative estimate of drug-likeness (QED) is 0.850. The first-order valence-electron chi connectivity index (χ1n) is 8.94. The Kier molecular flexibility index (Phi) is 6.20. The Morgan fingerprint density at radius 1 is 1.16 bits per heavy atom. The molecule has 1 aliphatic heterocycles. The summed E-state index contributed by atoms with van der Waals surface area (Å²) in [5, 5.41) is 6.48. The minimum absolute atomic E-state index is 0.00581. The molecule has 1 amide bonds. The Morgan fingerprint density at radius 3 is 2.76 bits per heavy atom. The smallest absolute Gasteiger partial charge is 0.251 e. The molecule has 0 bridgehead atoms. The van der Waals surface area contributed by atoms with Gasteiger partial charge in [0.25, 0.3) is 5.91 Å². The molecule has 2 N–H and O–H groups in total. The van der Waals surface area contributed by atoms with E-state index in [1.54, 1.807) is 7.11 Å². The molecule has 4 nitrogen and oxygen atoms in total. The van der Waals surface area contributed by atoms with E-state index in [0.29, 0.717) is 12.5 Å². The standard InChI is InChI=1S/C21H26N2O2/c1-25-15-17-5-4-6-18(13-17)19-7-2-3-8-20(19)21(24)23-14-16-9-11-22-12-10-16/h2-8,13,16,22H,9-12,14-15H2,1H3,(H,23,24). The number of benzene rings is 2. The second-order valence-electron chi connectivity index (χ2n) is 6.58. The lowest BCUT2D eigenvalue weighted by Gasteiger charge is -2.23. The molecular weight excluding hydrogens is 312 g/mol.